The van der Waals surface area contributed by atoms with E-state index in [-0.39, 0.29) is 17.1 Å². The second-order valence-corrected chi connectivity index (χ2v) is 8.40. The van der Waals surface area contributed by atoms with Crippen LogP contribution in [0.15, 0.2) is 89.8 Å². The van der Waals surface area contributed by atoms with Gasteiger partial charge in [-0.25, -0.2) is 8.42 Å². The smallest absolute Gasteiger partial charge is 0.189 e. The SMILES string of the molecule is Cc1ccc(S(=O)(=O)C(Cc2ccccc2)C(=O)c2ccccc2)cc1. The van der Waals surface area contributed by atoms with E-state index in [1.807, 2.05) is 37.3 Å². The molecule has 3 aromatic rings. The number of rotatable bonds is 6. The number of carbonyl (C=O) groups is 1. The molecule has 0 fully saturated rings. The van der Waals surface area contributed by atoms with Gasteiger partial charge in [0.05, 0.1) is 4.90 Å². The Hall–Kier alpha value is -2.72. The maximum atomic E-state index is 13.2. The van der Waals surface area contributed by atoms with E-state index in [1.165, 1.54) is 0 Å². The minimum Gasteiger partial charge on any atom is -0.293 e. The fourth-order valence-corrected chi connectivity index (χ4v) is 4.53. The summed E-state index contributed by atoms with van der Waals surface area (Å²) < 4.78 is 26.5. The van der Waals surface area contributed by atoms with Crippen LogP contribution in [0.25, 0.3) is 0 Å². The fraction of sp³-hybridized carbons (Fsp3) is 0.136. The van der Waals surface area contributed by atoms with Crippen LogP contribution in [0, 0.1) is 6.92 Å². The van der Waals surface area contributed by atoms with Crippen LogP contribution in [-0.4, -0.2) is 19.5 Å². The molecule has 0 amide bonds. The zero-order valence-corrected chi connectivity index (χ0v) is 15.3. The van der Waals surface area contributed by atoms with E-state index in [9.17, 15) is 13.2 Å². The fourth-order valence-electron chi connectivity index (χ4n) is 2.85. The van der Waals surface area contributed by atoms with E-state index in [0.29, 0.717) is 5.56 Å². The summed E-state index contributed by atoms with van der Waals surface area (Å²) in [5, 5.41) is -1.16. The maximum Gasteiger partial charge on any atom is 0.189 e. The molecule has 3 nitrogen and oxygen atoms in total. The molecule has 0 saturated heterocycles. The number of sulfone groups is 1. The van der Waals surface area contributed by atoms with Crippen molar-refractivity contribution in [2.45, 2.75) is 23.5 Å². The van der Waals surface area contributed by atoms with Gasteiger partial charge >= 0.3 is 0 Å². The summed E-state index contributed by atoms with van der Waals surface area (Å²) in [6, 6.07) is 24.5. The zero-order chi connectivity index (χ0) is 18.6. The van der Waals surface area contributed by atoms with Crippen LogP contribution >= 0.6 is 0 Å². The summed E-state index contributed by atoms with van der Waals surface area (Å²) >= 11 is 0. The van der Waals surface area contributed by atoms with Gasteiger partial charge in [-0.05, 0) is 31.0 Å². The summed E-state index contributed by atoms with van der Waals surface area (Å²) in [6.45, 7) is 1.90. The Balaban J connectivity index is 2.04. The first kappa shape index (κ1) is 18.1. The average molecular weight is 364 g/mol. The van der Waals surface area contributed by atoms with E-state index in [1.54, 1.807) is 54.6 Å². The molecule has 0 radical (unpaired) electrons. The number of benzene rings is 3. The Kier molecular flexibility index (Phi) is 5.33. The van der Waals surface area contributed by atoms with Gasteiger partial charge in [-0.2, -0.15) is 0 Å². The van der Waals surface area contributed by atoms with Crippen LogP contribution in [-0.2, 0) is 16.3 Å². The van der Waals surface area contributed by atoms with Crippen molar-refractivity contribution < 1.29 is 13.2 Å². The first-order chi connectivity index (χ1) is 12.5. The first-order valence-electron chi connectivity index (χ1n) is 8.42. The molecule has 1 atom stereocenters. The van der Waals surface area contributed by atoms with Gasteiger partial charge in [-0.1, -0.05) is 78.4 Å². The van der Waals surface area contributed by atoms with Gasteiger partial charge in [0.1, 0.15) is 5.25 Å². The Morgan fingerprint density at radius 2 is 1.35 bits per heavy atom. The molecule has 3 rings (SSSR count). The number of carbonyl (C=O) groups excluding carboxylic acids is 1. The molecule has 0 bridgehead atoms. The molecule has 4 heteroatoms. The van der Waals surface area contributed by atoms with Crippen molar-refractivity contribution >= 4 is 15.6 Å². The van der Waals surface area contributed by atoms with Crippen LogP contribution in [0.4, 0.5) is 0 Å². The third-order valence-electron chi connectivity index (χ3n) is 4.34. The van der Waals surface area contributed by atoms with Crippen LogP contribution in [0.3, 0.4) is 0 Å². The molecule has 0 aliphatic carbocycles. The Labute approximate surface area is 154 Å². The lowest BCUT2D eigenvalue weighted by atomic mass is 10.0. The van der Waals surface area contributed by atoms with E-state index in [2.05, 4.69) is 0 Å². The molecule has 1 unspecified atom stereocenters. The van der Waals surface area contributed by atoms with E-state index < -0.39 is 15.1 Å². The number of hydrogen-bond donors (Lipinski definition) is 0. The minimum atomic E-state index is -3.81. The van der Waals surface area contributed by atoms with Gasteiger partial charge in [0, 0.05) is 5.56 Å². The highest BCUT2D eigenvalue weighted by Crippen LogP contribution is 2.23. The number of Topliss-reactive ketones (excluding diaryl/α,β-unsaturated/α-hetero) is 1. The van der Waals surface area contributed by atoms with E-state index >= 15 is 0 Å². The second-order valence-electron chi connectivity index (χ2n) is 6.27. The predicted molar refractivity (Wildman–Crippen MR) is 103 cm³/mol. The standard InChI is InChI=1S/C22H20O3S/c1-17-12-14-20(15-13-17)26(24,25)21(16-18-8-4-2-5-9-18)22(23)19-10-6-3-7-11-19/h2-15,21H,16H2,1H3. The molecule has 26 heavy (non-hydrogen) atoms. The maximum absolute atomic E-state index is 13.2. The molecule has 0 spiro atoms. The zero-order valence-electron chi connectivity index (χ0n) is 14.5. The Morgan fingerprint density at radius 3 is 1.92 bits per heavy atom. The van der Waals surface area contributed by atoms with Crippen LogP contribution in [0.1, 0.15) is 21.5 Å². The quantitative estimate of drug-likeness (QED) is 0.614. The van der Waals surface area contributed by atoms with Gasteiger partial charge in [0.15, 0.2) is 15.6 Å². The third-order valence-corrected chi connectivity index (χ3v) is 6.40. The molecule has 0 heterocycles. The molecular weight excluding hydrogens is 344 g/mol. The van der Waals surface area contributed by atoms with Gasteiger partial charge < -0.3 is 0 Å². The van der Waals surface area contributed by atoms with Crippen molar-refractivity contribution in [1.82, 2.24) is 0 Å². The normalized spacial score (nSPS) is 12.5. The van der Waals surface area contributed by atoms with Crippen molar-refractivity contribution in [2.24, 2.45) is 0 Å². The van der Waals surface area contributed by atoms with Crippen molar-refractivity contribution in [3.05, 3.63) is 102 Å². The molecule has 0 aliphatic rings. The van der Waals surface area contributed by atoms with Crippen LogP contribution in [0.5, 0.6) is 0 Å². The van der Waals surface area contributed by atoms with Gasteiger partial charge in [-0.15, -0.1) is 0 Å². The molecule has 3 aromatic carbocycles. The first-order valence-corrected chi connectivity index (χ1v) is 9.97. The summed E-state index contributed by atoms with van der Waals surface area (Å²) in [4.78, 5) is 13.2. The van der Waals surface area contributed by atoms with Crippen molar-refractivity contribution in [3.63, 3.8) is 0 Å². The summed E-state index contributed by atoms with van der Waals surface area (Å²) in [7, 11) is -3.81. The van der Waals surface area contributed by atoms with Crippen LogP contribution < -0.4 is 0 Å². The largest absolute Gasteiger partial charge is 0.293 e. The van der Waals surface area contributed by atoms with Gasteiger partial charge in [0.2, 0.25) is 0 Å². The third kappa shape index (κ3) is 3.92. The summed E-state index contributed by atoms with van der Waals surface area (Å²) in [6.07, 6.45) is 0.144. The molecule has 0 aliphatic heterocycles. The highest BCUT2D eigenvalue weighted by molar-refractivity contribution is 7.92. The summed E-state index contributed by atoms with van der Waals surface area (Å²) in [5.74, 6) is -0.380. The Morgan fingerprint density at radius 1 is 0.808 bits per heavy atom. The molecular formula is C22H20O3S. The topological polar surface area (TPSA) is 51.2 Å². The highest BCUT2D eigenvalue weighted by atomic mass is 32.2. The van der Waals surface area contributed by atoms with E-state index in [0.717, 1.165) is 11.1 Å². The Bertz CT molecular complexity index is 977. The lowest BCUT2D eigenvalue weighted by Crippen LogP contribution is -2.32. The number of hydrogen-bond acceptors (Lipinski definition) is 3. The van der Waals surface area contributed by atoms with Crippen LogP contribution in [0.2, 0.25) is 0 Å². The monoisotopic (exact) mass is 364 g/mol. The van der Waals surface area contributed by atoms with Crippen molar-refractivity contribution in [1.29, 1.82) is 0 Å². The molecule has 132 valence electrons. The molecule has 0 N–H and O–H groups in total. The highest BCUT2D eigenvalue weighted by Gasteiger charge is 2.34. The minimum absolute atomic E-state index is 0.144. The lowest BCUT2D eigenvalue weighted by molar-refractivity contribution is 0.0986. The number of aryl methyl sites for hydroxylation is 1. The second kappa shape index (κ2) is 7.67. The number of ketones is 1. The van der Waals surface area contributed by atoms with E-state index in [4.69, 9.17) is 0 Å². The van der Waals surface area contributed by atoms with Crippen molar-refractivity contribution in [2.75, 3.05) is 0 Å². The average Bonchev–Trinajstić information content (AvgIpc) is 2.67. The summed E-state index contributed by atoms with van der Waals surface area (Å²) in [5.41, 5.74) is 2.19. The molecule has 0 aromatic heterocycles. The molecule has 0 saturated carbocycles. The van der Waals surface area contributed by atoms with Gasteiger partial charge in [0.25, 0.3) is 0 Å². The predicted octanol–water partition coefficient (Wildman–Crippen LogP) is 4.26. The van der Waals surface area contributed by atoms with Gasteiger partial charge in [-0.3, -0.25) is 4.79 Å². The van der Waals surface area contributed by atoms with Crippen molar-refractivity contribution in [3.8, 4) is 0 Å². The lowest BCUT2D eigenvalue weighted by Gasteiger charge is -2.17.